The highest BCUT2D eigenvalue weighted by atomic mass is 35.5. The summed E-state index contributed by atoms with van der Waals surface area (Å²) in [5.41, 5.74) is 2.73. The molecular formula is C18H16ClNO2. The van der Waals surface area contributed by atoms with Gasteiger partial charge in [-0.25, -0.2) is 0 Å². The van der Waals surface area contributed by atoms with Crippen molar-refractivity contribution in [1.29, 1.82) is 0 Å². The number of halogens is 1. The van der Waals surface area contributed by atoms with E-state index in [9.17, 15) is 5.11 Å². The fourth-order valence-electron chi connectivity index (χ4n) is 2.28. The molecule has 2 aromatic carbocycles. The zero-order chi connectivity index (χ0) is 14.7. The van der Waals surface area contributed by atoms with Crippen molar-refractivity contribution in [3.8, 4) is 11.5 Å². The van der Waals surface area contributed by atoms with E-state index in [1.165, 1.54) is 0 Å². The normalized spacial score (nSPS) is 10.6. The highest BCUT2D eigenvalue weighted by Crippen LogP contribution is 2.31. The number of aromatic nitrogens is 1. The van der Waals surface area contributed by atoms with Crippen LogP contribution in [0.15, 0.2) is 54.7 Å². The van der Waals surface area contributed by atoms with Crippen LogP contribution in [0.4, 0.5) is 0 Å². The Morgan fingerprint density at radius 3 is 2.55 bits per heavy atom. The predicted molar refractivity (Wildman–Crippen MR) is 92.6 cm³/mol. The average molecular weight is 314 g/mol. The first-order valence-corrected chi connectivity index (χ1v) is 6.67. The maximum atomic E-state index is 10.1. The summed E-state index contributed by atoms with van der Waals surface area (Å²) in [6.07, 6.45) is 5.63. The summed E-state index contributed by atoms with van der Waals surface area (Å²) in [7, 11) is 1.54. The first-order valence-electron chi connectivity index (χ1n) is 6.67. The molecule has 0 radical (unpaired) electrons. The van der Waals surface area contributed by atoms with Crippen molar-refractivity contribution in [2.45, 2.75) is 0 Å². The summed E-state index contributed by atoms with van der Waals surface area (Å²) in [4.78, 5) is 4.34. The lowest BCUT2D eigenvalue weighted by Crippen LogP contribution is -1.85. The number of benzene rings is 2. The first kappa shape index (κ1) is 15.9. The quantitative estimate of drug-likeness (QED) is 0.772. The largest absolute Gasteiger partial charge is 0.504 e. The maximum absolute atomic E-state index is 10.1. The molecule has 0 aliphatic rings. The second-order valence-electron chi connectivity index (χ2n) is 4.65. The molecule has 1 aromatic heterocycles. The van der Waals surface area contributed by atoms with E-state index in [1.807, 2.05) is 54.6 Å². The molecule has 0 unspecified atom stereocenters. The van der Waals surface area contributed by atoms with Crippen molar-refractivity contribution in [3.63, 3.8) is 0 Å². The van der Waals surface area contributed by atoms with Crippen LogP contribution < -0.4 is 4.74 Å². The molecule has 22 heavy (non-hydrogen) atoms. The number of methoxy groups -OCH3 is 1. The van der Waals surface area contributed by atoms with Gasteiger partial charge in [-0.2, -0.15) is 0 Å². The van der Waals surface area contributed by atoms with Gasteiger partial charge in [0.1, 0.15) is 0 Å². The lowest BCUT2D eigenvalue weighted by Gasteiger charge is -2.05. The number of phenols is 1. The predicted octanol–water partition coefficient (Wildman–Crippen LogP) is 4.54. The molecule has 3 aromatic rings. The van der Waals surface area contributed by atoms with Crippen LogP contribution in [0.1, 0.15) is 11.1 Å². The molecule has 3 rings (SSSR count). The van der Waals surface area contributed by atoms with Gasteiger partial charge in [0.2, 0.25) is 0 Å². The third-order valence-electron chi connectivity index (χ3n) is 3.38. The van der Waals surface area contributed by atoms with Crippen LogP contribution in [-0.2, 0) is 0 Å². The third kappa shape index (κ3) is 3.05. The van der Waals surface area contributed by atoms with E-state index in [2.05, 4.69) is 4.98 Å². The Morgan fingerprint density at radius 2 is 1.73 bits per heavy atom. The fraction of sp³-hybridized carbons (Fsp3) is 0.0556. The maximum Gasteiger partial charge on any atom is 0.165 e. The van der Waals surface area contributed by atoms with Crippen molar-refractivity contribution in [3.05, 3.63) is 65.9 Å². The zero-order valence-electron chi connectivity index (χ0n) is 12.1. The Morgan fingerprint density at radius 1 is 0.955 bits per heavy atom. The Hall–Kier alpha value is -2.52. The molecule has 4 heteroatoms. The molecule has 3 nitrogen and oxygen atoms in total. The monoisotopic (exact) mass is 313 g/mol. The number of fused-ring (bicyclic) bond motifs is 1. The van der Waals surface area contributed by atoms with Crippen LogP contribution in [0, 0.1) is 0 Å². The van der Waals surface area contributed by atoms with E-state index in [0.29, 0.717) is 5.75 Å². The fourth-order valence-corrected chi connectivity index (χ4v) is 2.28. The standard InChI is InChI=1S/C18H15NO2.ClH/c1-21-17-8-4-5-14(18(17)20)10-9-13-11-12-19-16-7-3-2-6-15(13)16;/h2-12,20H,1H3;1H/b10-9+;. The van der Waals surface area contributed by atoms with Crippen LogP contribution in [0.5, 0.6) is 11.5 Å². The Kier molecular flexibility index (Phi) is 5.02. The van der Waals surface area contributed by atoms with Crippen LogP contribution in [0.2, 0.25) is 0 Å². The molecule has 0 aliphatic heterocycles. The summed E-state index contributed by atoms with van der Waals surface area (Å²) >= 11 is 0. The number of hydrogen-bond donors (Lipinski definition) is 1. The van der Waals surface area contributed by atoms with Gasteiger partial charge >= 0.3 is 0 Å². The molecular weight excluding hydrogens is 298 g/mol. The molecule has 1 heterocycles. The molecule has 1 N–H and O–H groups in total. The molecule has 0 bridgehead atoms. The van der Waals surface area contributed by atoms with E-state index in [4.69, 9.17) is 4.74 Å². The van der Waals surface area contributed by atoms with Gasteiger partial charge in [-0.1, -0.05) is 42.5 Å². The van der Waals surface area contributed by atoms with Crippen molar-refractivity contribution in [2.75, 3.05) is 7.11 Å². The first-order chi connectivity index (χ1) is 10.3. The Balaban J connectivity index is 0.00000176. The average Bonchev–Trinajstić information content (AvgIpc) is 2.54. The number of hydrogen-bond acceptors (Lipinski definition) is 3. The number of aromatic hydroxyl groups is 1. The molecule has 0 saturated heterocycles. The van der Waals surface area contributed by atoms with Crippen molar-refractivity contribution < 1.29 is 9.84 Å². The Labute approximate surface area is 135 Å². The molecule has 112 valence electrons. The van der Waals surface area contributed by atoms with Gasteiger partial charge in [-0.3, -0.25) is 4.98 Å². The van der Waals surface area contributed by atoms with Gasteiger partial charge in [0.15, 0.2) is 11.5 Å². The van der Waals surface area contributed by atoms with Gasteiger partial charge in [-0.05, 0) is 23.8 Å². The number of phenolic OH excluding ortho intramolecular Hbond substituents is 1. The zero-order valence-corrected chi connectivity index (χ0v) is 12.9. The van der Waals surface area contributed by atoms with Gasteiger partial charge in [0.05, 0.1) is 12.6 Å². The number of rotatable bonds is 3. The summed E-state index contributed by atoms with van der Waals surface area (Å²) < 4.78 is 5.11. The van der Waals surface area contributed by atoms with Crippen LogP contribution in [0.25, 0.3) is 23.1 Å². The Bertz CT molecular complexity index is 810. The topological polar surface area (TPSA) is 42.4 Å². The lowest BCUT2D eigenvalue weighted by molar-refractivity contribution is 0.373. The SMILES string of the molecule is COc1cccc(/C=C/c2ccnc3ccccc23)c1O.Cl. The molecule has 0 amide bonds. The minimum Gasteiger partial charge on any atom is -0.504 e. The van der Waals surface area contributed by atoms with Crippen LogP contribution >= 0.6 is 12.4 Å². The summed E-state index contributed by atoms with van der Waals surface area (Å²) in [5.74, 6) is 0.617. The van der Waals surface area contributed by atoms with Gasteiger partial charge < -0.3 is 9.84 Å². The van der Waals surface area contributed by atoms with Crippen molar-refractivity contribution in [1.82, 2.24) is 4.98 Å². The summed E-state index contributed by atoms with van der Waals surface area (Å²) in [5, 5.41) is 11.2. The number of pyridine rings is 1. The van der Waals surface area contributed by atoms with E-state index >= 15 is 0 Å². The van der Waals surface area contributed by atoms with Crippen LogP contribution in [0.3, 0.4) is 0 Å². The number of nitrogens with zero attached hydrogens (tertiary/aromatic N) is 1. The number of para-hydroxylation sites is 2. The number of ether oxygens (including phenoxy) is 1. The third-order valence-corrected chi connectivity index (χ3v) is 3.38. The van der Waals surface area contributed by atoms with Gasteiger partial charge in [0.25, 0.3) is 0 Å². The molecule has 0 fully saturated rings. The summed E-state index contributed by atoms with van der Waals surface area (Å²) in [6.45, 7) is 0. The lowest BCUT2D eigenvalue weighted by atomic mass is 10.1. The van der Waals surface area contributed by atoms with E-state index in [-0.39, 0.29) is 18.2 Å². The molecule has 0 spiro atoms. The van der Waals surface area contributed by atoms with E-state index in [0.717, 1.165) is 22.0 Å². The highest BCUT2D eigenvalue weighted by molar-refractivity contribution is 5.90. The smallest absolute Gasteiger partial charge is 0.165 e. The van der Waals surface area contributed by atoms with E-state index < -0.39 is 0 Å². The van der Waals surface area contributed by atoms with Crippen LogP contribution in [-0.4, -0.2) is 17.2 Å². The van der Waals surface area contributed by atoms with Gasteiger partial charge in [-0.15, -0.1) is 12.4 Å². The molecule has 0 atom stereocenters. The minimum atomic E-state index is 0. The second-order valence-corrected chi connectivity index (χ2v) is 4.65. The molecule has 0 saturated carbocycles. The summed E-state index contributed by atoms with van der Waals surface area (Å²) in [6, 6.07) is 15.4. The van der Waals surface area contributed by atoms with Crippen molar-refractivity contribution in [2.24, 2.45) is 0 Å². The highest BCUT2D eigenvalue weighted by Gasteiger charge is 2.04. The minimum absolute atomic E-state index is 0. The second kappa shape index (κ2) is 6.96. The van der Waals surface area contributed by atoms with Crippen molar-refractivity contribution >= 4 is 35.5 Å². The van der Waals surface area contributed by atoms with Gasteiger partial charge in [0, 0.05) is 17.1 Å². The molecule has 0 aliphatic carbocycles. The van der Waals surface area contributed by atoms with E-state index in [1.54, 1.807) is 19.4 Å².